The zero-order valence-electron chi connectivity index (χ0n) is 7.13. The Morgan fingerprint density at radius 3 is 3.00 bits per heavy atom. The molecule has 0 aliphatic heterocycles. The van der Waals surface area contributed by atoms with Crippen molar-refractivity contribution < 1.29 is 4.42 Å². The number of hydrogen-bond donors (Lipinski definition) is 1. The quantitative estimate of drug-likeness (QED) is 0.695. The summed E-state index contributed by atoms with van der Waals surface area (Å²) in [6.45, 7) is 3.03. The van der Waals surface area contributed by atoms with Gasteiger partial charge in [0, 0.05) is 12.6 Å². The van der Waals surface area contributed by atoms with Crippen LogP contribution in [-0.4, -0.2) is 6.54 Å². The highest BCUT2D eigenvalue weighted by atomic mass is 16.4. The van der Waals surface area contributed by atoms with Gasteiger partial charge in [-0.2, -0.15) is 5.26 Å². The molecule has 0 aliphatic carbocycles. The van der Waals surface area contributed by atoms with E-state index >= 15 is 0 Å². The minimum absolute atomic E-state index is 0.356. The summed E-state index contributed by atoms with van der Waals surface area (Å²) in [6, 6.07) is 5.36. The highest BCUT2D eigenvalue weighted by Crippen LogP contribution is 2.11. The third-order valence-electron chi connectivity index (χ3n) is 1.55. The van der Waals surface area contributed by atoms with E-state index in [9.17, 15) is 0 Å². The van der Waals surface area contributed by atoms with Gasteiger partial charge in [-0.3, -0.25) is 0 Å². The summed E-state index contributed by atoms with van der Waals surface area (Å²) in [5, 5.41) is 11.5. The number of rotatable bonds is 4. The zero-order valence-corrected chi connectivity index (χ0v) is 7.13. The summed E-state index contributed by atoms with van der Waals surface area (Å²) >= 11 is 0. The lowest BCUT2D eigenvalue weighted by Crippen LogP contribution is -1.98. The van der Waals surface area contributed by atoms with Crippen molar-refractivity contribution >= 4 is 5.88 Å². The van der Waals surface area contributed by atoms with E-state index in [1.54, 1.807) is 12.1 Å². The number of hydrogen-bond acceptors (Lipinski definition) is 3. The third-order valence-corrected chi connectivity index (χ3v) is 1.55. The molecule has 12 heavy (non-hydrogen) atoms. The van der Waals surface area contributed by atoms with Crippen molar-refractivity contribution in [2.45, 2.75) is 19.8 Å². The average molecular weight is 164 g/mol. The lowest BCUT2D eigenvalue weighted by molar-refractivity contribution is 0.563. The van der Waals surface area contributed by atoms with Gasteiger partial charge in [-0.05, 0) is 12.5 Å². The van der Waals surface area contributed by atoms with Crippen LogP contribution in [0.15, 0.2) is 16.5 Å². The van der Waals surface area contributed by atoms with Gasteiger partial charge >= 0.3 is 0 Å². The topological polar surface area (TPSA) is 49.0 Å². The van der Waals surface area contributed by atoms with Crippen molar-refractivity contribution in [3.63, 3.8) is 0 Å². The average Bonchev–Trinajstić information content (AvgIpc) is 2.53. The molecular weight excluding hydrogens is 152 g/mol. The predicted octanol–water partition coefficient (Wildman–Crippen LogP) is 2.36. The maximum Gasteiger partial charge on any atom is 0.206 e. The van der Waals surface area contributed by atoms with Crippen molar-refractivity contribution in [1.82, 2.24) is 0 Å². The number of unbranched alkanes of at least 4 members (excludes halogenated alkanes) is 1. The molecule has 0 bridgehead atoms. The van der Waals surface area contributed by atoms with Crippen LogP contribution >= 0.6 is 0 Å². The van der Waals surface area contributed by atoms with Crippen LogP contribution in [0, 0.1) is 11.3 Å². The first kappa shape index (κ1) is 8.66. The van der Waals surface area contributed by atoms with Crippen molar-refractivity contribution in [3.8, 4) is 6.07 Å². The van der Waals surface area contributed by atoms with Crippen LogP contribution in [0.4, 0.5) is 5.88 Å². The maximum atomic E-state index is 8.45. The first-order valence-electron chi connectivity index (χ1n) is 4.10. The lowest BCUT2D eigenvalue weighted by Gasteiger charge is -1.98. The molecule has 0 fully saturated rings. The number of anilines is 1. The van der Waals surface area contributed by atoms with E-state index in [-0.39, 0.29) is 0 Å². The molecule has 0 unspecified atom stereocenters. The number of nitrogens with one attached hydrogen (secondary N) is 1. The smallest absolute Gasteiger partial charge is 0.206 e. The van der Waals surface area contributed by atoms with Gasteiger partial charge in [0.05, 0.1) is 0 Å². The summed E-state index contributed by atoms with van der Waals surface area (Å²) in [7, 11) is 0. The van der Waals surface area contributed by atoms with Gasteiger partial charge in [0.2, 0.25) is 5.76 Å². The van der Waals surface area contributed by atoms with Gasteiger partial charge in [0.25, 0.3) is 0 Å². The fourth-order valence-electron chi connectivity index (χ4n) is 0.881. The molecule has 64 valence electrons. The minimum atomic E-state index is 0.356. The summed E-state index contributed by atoms with van der Waals surface area (Å²) in [6.07, 6.45) is 2.27. The molecule has 0 atom stereocenters. The monoisotopic (exact) mass is 164 g/mol. The Bertz CT molecular complexity index is 272. The van der Waals surface area contributed by atoms with Crippen LogP contribution in [0.2, 0.25) is 0 Å². The van der Waals surface area contributed by atoms with Gasteiger partial charge in [-0.25, -0.2) is 0 Å². The van der Waals surface area contributed by atoms with Crippen LogP contribution in [0.5, 0.6) is 0 Å². The molecule has 0 aromatic carbocycles. The molecule has 1 rings (SSSR count). The van der Waals surface area contributed by atoms with E-state index in [0.29, 0.717) is 11.6 Å². The molecule has 3 heteroatoms. The summed E-state index contributed by atoms with van der Waals surface area (Å²) in [4.78, 5) is 0. The number of nitriles is 1. The van der Waals surface area contributed by atoms with Gasteiger partial charge in [0.1, 0.15) is 6.07 Å². The normalized spacial score (nSPS) is 9.33. The maximum absolute atomic E-state index is 8.45. The van der Waals surface area contributed by atoms with E-state index in [1.165, 1.54) is 0 Å². The van der Waals surface area contributed by atoms with E-state index in [2.05, 4.69) is 12.2 Å². The Morgan fingerprint density at radius 1 is 1.58 bits per heavy atom. The second kappa shape index (κ2) is 4.45. The second-order valence-electron chi connectivity index (χ2n) is 2.56. The Balaban J connectivity index is 2.38. The van der Waals surface area contributed by atoms with E-state index in [1.807, 2.05) is 6.07 Å². The molecule has 3 nitrogen and oxygen atoms in total. The Labute approximate surface area is 72.0 Å². The van der Waals surface area contributed by atoms with Crippen LogP contribution in [0.25, 0.3) is 0 Å². The van der Waals surface area contributed by atoms with Crippen LogP contribution in [0.1, 0.15) is 25.5 Å². The first-order valence-corrected chi connectivity index (χ1v) is 4.10. The Kier molecular flexibility index (Phi) is 3.21. The first-order chi connectivity index (χ1) is 5.86. The van der Waals surface area contributed by atoms with Crippen LogP contribution in [-0.2, 0) is 0 Å². The predicted molar refractivity (Wildman–Crippen MR) is 46.8 cm³/mol. The third kappa shape index (κ3) is 2.31. The van der Waals surface area contributed by atoms with Gasteiger partial charge < -0.3 is 9.73 Å². The Hall–Kier alpha value is -1.43. The van der Waals surface area contributed by atoms with Crippen LogP contribution in [0.3, 0.4) is 0 Å². The lowest BCUT2D eigenvalue weighted by atomic mass is 10.3. The van der Waals surface area contributed by atoms with Gasteiger partial charge in [-0.15, -0.1) is 0 Å². The van der Waals surface area contributed by atoms with Crippen LogP contribution < -0.4 is 5.32 Å². The molecule has 0 amide bonds. The molecule has 0 saturated carbocycles. The van der Waals surface area contributed by atoms with Gasteiger partial charge in [-0.1, -0.05) is 13.3 Å². The van der Waals surface area contributed by atoms with Crippen molar-refractivity contribution in [1.29, 1.82) is 5.26 Å². The largest absolute Gasteiger partial charge is 0.430 e. The zero-order chi connectivity index (χ0) is 8.81. The molecule has 0 aliphatic rings. The molecule has 0 spiro atoms. The van der Waals surface area contributed by atoms with Crippen molar-refractivity contribution in [2.24, 2.45) is 0 Å². The summed E-state index contributed by atoms with van der Waals surface area (Å²) in [5.41, 5.74) is 0. The molecule has 1 aromatic heterocycles. The van der Waals surface area contributed by atoms with Crippen molar-refractivity contribution in [3.05, 3.63) is 17.9 Å². The molecule has 1 heterocycles. The van der Waals surface area contributed by atoms with E-state index in [4.69, 9.17) is 9.68 Å². The van der Waals surface area contributed by atoms with E-state index < -0.39 is 0 Å². The SMILES string of the molecule is CCCCNc1ccc(C#N)o1. The molecule has 1 aromatic rings. The summed E-state index contributed by atoms with van der Waals surface area (Å²) in [5.74, 6) is 1.04. The molecule has 0 radical (unpaired) electrons. The number of nitrogens with zero attached hydrogens (tertiary/aromatic N) is 1. The second-order valence-corrected chi connectivity index (χ2v) is 2.56. The fraction of sp³-hybridized carbons (Fsp3) is 0.444. The highest BCUT2D eigenvalue weighted by molar-refractivity contribution is 5.35. The van der Waals surface area contributed by atoms with Crippen molar-refractivity contribution in [2.75, 3.05) is 11.9 Å². The highest BCUT2D eigenvalue weighted by Gasteiger charge is 1.97. The number of furan rings is 1. The molecule has 0 saturated heterocycles. The molecule has 1 N–H and O–H groups in total. The standard InChI is InChI=1S/C9H12N2O/c1-2-3-6-11-9-5-4-8(7-10)12-9/h4-5,11H,2-3,6H2,1H3. The minimum Gasteiger partial charge on any atom is -0.430 e. The summed E-state index contributed by atoms with van der Waals surface area (Å²) < 4.78 is 5.11. The van der Waals surface area contributed by atoms with E-state index in [0.717, 1.165) is 19.4 Å². The fourth-order valence-corrected chi connectivity index (χ4v) is 0.881. The molecular formula is C9H12N2O. The van der Waals surface area contributed by atoms with Gasteiger partial charge in [0.15, 0.2) is 5.88 Å². The Morgan fingerprint density at radius 2 is 2.42 bits per heavy atom.